The lowest BCUT2D eigenvalue weighted by Crippen LogP contribution is -2.31. The fourth-order valence-electron chi connectivity index (χ4n) is 2.47. The number of carbonyl (C=O) groups is 1. The quantitative estimate of drug-likeness (QED) is 0.597. The molecular weight excluding hydrogens is 351 g/mol. The van der Waals surface area contributed by atoms with E-state index in [-0.39, 0.29) is 18.3 Å². The molecule has 2 aromatic heterocycles. The fourth-order valence-corrected chi connectivity index (χ4v) is 2.47. The lowest BCUT2D eigenvalue weighted by atomic mass is 10.3. The van der Waals surface area contributed by atoms with Crippen LogP contribution in [-0.2, 0) is 11.3 Å². The van der Waals surface area contributed by atoms with Crippen LogP contribution in [0.25, 0.3) is 11.0 Å². The number of carbonyl (C=O) groups excluding carboxylic acids is 1. The predicted octanol–water partition coefficient (Wildman–Crippen LogP) is 1.98. The van der Waals surface area contributed by atoms with E-state index in [0.29, 0.717) is 24.5 Å². The number of hydrogen-bond acceptors (Lipinski definition) is 6. The second kappa shape index (κ2) is 8.93. The highest BCUT2D eigenvalue weighted by molar-refractivity contribution is 5.86. The van der Waals surface area contributed by atoms with E-state index in [0.717, 1.165) is 24.2 Å². The largest absolute Gasteiger partial charge is 0.484 e. The van der Waals surface area contributed by atoms with E-state index in [9.17, 15) is 9.18 Å². The molecule has 0 aliphatic carbocycles. The van der Waals surface area contributed by atoms with Crippen molar-refractivity contribution in [2.24, 2.45) is 0 Å². The van der Waals surface area contributed by atoms with Gasteiger partial charge in [0.15, 0.2) is 12.3 Å². The summed E-state index contributed by atoms with van der Waals surface area (Å²) in [4.78, 5) is 20.4. The van der Waals surface area contributed by atoms with Gasteiger partial charge in [-0.2, -0.15) is 5.10 Å². The van der Waals surface area contributed by atoms with Gasteiger partial charge in [0.1, 0.15) is 23.7 Å². The SMILES string of the molecule is CCCNc1ncnc2c1cnn2CCNC(=O)COc1ccc(F)cc1. The molecule has 9 heteroatoms. The average molecular weight is 372 g/mol. The van der Waals surface area contributed by atoms with Gasteiger partial charge in [0.2, 0.25) is 0 Å². The number of nitrogens with one attached hydrogen (secondary N) is 2. The smallest absolute Gasteiger partial charge is 0.258 e. The van der Waals surface area contributed by atoms with Crippen molar-refractivity contribution in [2.45, 2.75) is 19.9 Å². The standard InChI is InChI=1S/C18H21FN6O2/c1-2-7-21-17-15-10-24-25(18(15)23-12-22-17)9-8-20-16(26)11-27-14-5-3-13(19)4-6-14/h3-6,10,12H,2,7-9,11H2,1H3,(H,20,26)(H,21,22,23). The van der Waals surface area contributed by atoms with E-state index in [1.165, 1.54) is 30.6 Å². The Morgan fingerprint density at radius 2 is 2.04 bits per heavy atom. The van der Waals surface area contributed by atoms with Crippen LogP contribution in [0.3, 0.4) is 0 Å². The van der Waals surface area contributed by atoms with Crippen LogP contribution in [0.5, 0.6) is 5.75 Å². The van der Waals surface area contributed by atoms with Gasteiger partial charge >= 0.3 is 0 Å². The molecule has 1 amide bonds. The number of amides is 1. The zero-order valence-corrected chi connectivity index (χ0v) is 15.0. The Hall–Kier alpha value is -3.23. The summed E-state index contributed by atoms with van der Waals surface area (Å²) in [6.07, 6.45) is 4.20. The van der Waals surface area contributed by atoms with Crippen LogP contribution in [0, 0.1) is 5.82 Å². The molecule has 2 N–H and O–H groups in total. The molecule has 0 atom stereocenters. The minimum Gasteiger partial charge on any atom is -0.484 e. The van der Waals surface area contributed by atoms with Crippen molar-refractivity contribution >= 4 is 22.8 Å². The maximum Gasteiger partial charge on any atom is 0.258 e. The number of halogens is 1. The first kappa shape index (κ1) is 18.6. The van der Waals surface area contributed by atoms with Crippen molar-refractivity contribution in [3.8, 4) is 5.75 Å². The third-order valence-corrected chi connectivity index (χ3v) is 3.81. The van der Waals surface area contributed by atoms with Crippen molar-refractivity contribution in [3.63, 3.8) is 0 Å². The summed E-state index contributed by atoms with van der Waals surface area (Å²) >= 11 is 0. The van der Waals surface area contributed by atoms with Crippen LogP contribution in [0.2, 0.25) is 0 Å². The molecule has 0 saturated heterocycles. The van der Waals surface area contributed by atoms with Gasteiger partial charge in [0.05, 0.1) is 18.1 Å². The molecule has 0 aliphatic heterocycles. The Balaban J connectivity index is 1.50. The van der Waals surface area contributed by atoms with Crippen molar-refractivity contribution < 1.29 is 13.9 Å². The summed E-state index contributed by atoms with van der Waals surface area (Å²) in [5.41, 5.74) is 0.709. The van der Waals surface area contributed by atoms with Crippen LogP contribution >= 0.6 is 0 Å². The molecule has 0 unspecified atom stereocenters. The van der Waals surface area contributed by atoms with Gasteiger partial charge in [-0.1, -0.05) is 6.92 Å². The van der Waals surface area contributed by atoms with E-state index >= 15 is 0 Å². The molecule has 1 aromatic carbocycles. The minimum absolute atomic E-state index is 0.140. The lowest BCUT2D eigenvalue weighted by Gasteiger charge is -2.08. The van der Waals surface area contributed by atoms with Crippen LogP contribution in [0.4, 0.5) is 10.2 Å². The number of ether oxygens (including phenoxy) is 1. The number of benzene rings is 1. The summed E-state index contributed by atoms with van der Waals surface area (Å²) in [7, 11) is 0. The molecule has 0 fully saturated rings. The maximum atomic E-state index is 12.8. The summed E-state index contributed by atoms with van der Waals surface area (Å²) < 4.78 is 19.8. The normalized spacial score (nSPS) is 10.7. The van der Waals surface area contributed by atoms with Gasteiger partial charge in [0, 0.05) is 13.1 Å². The average Bonchev–Trinajstić information content (AvgIpc) is 3.10. The van der Waals surface area contributed by atoms with Crippen molar-refractivity contribution in [1.29, 1.82) is 0 Å². The molecular formula is C18H21FN6O2. The Morgan fingerprint density at radius 3 is 2.81 bits per heavy atom. The Labute approximate surface area is 155 Å². The zero-order valence-electron chi connectivity index (χ0n) is 15.0. The van der Waals surface area contributed by atoms with Gasteiger partial charge in [-0.15, -0.1) is 0 Å². The molecule has 142 valence electrons. The van der Waals surface area contributed by atoms with Crippen molar-refractivity contribution in [1.82, 2.24) is 25.1 Å². The van der Waals surface area contributed by atoms with Crippen LogP contribution < -0.4 is 15.4 Å². The molecule has 0 saturated carbocycles. The highest BCUT2D eigenvalue weighted by atomic mass is 19.1. The highest BCUT2D eigenvalue weighted by Gasteiger charge is 2.10. The molecule has 0 radical (unpaired) electrons. The van der Waals surface area contributed by atoms with Crippen molar-refractivity contribution in [2.75, 3.05) is 25.0 Å². The van der Waals surface area contributed by atoms with Gasteiger partial charge in [0.25, 0.3) is 5.91 Å². The number of hydrogen-bond donors (Lipinski definition) is 2. The van der Waals surface area contributed by atoms with E-state index in [2.05, 4.69) is 32.6 Å². The van der Waals surface area contributed by atoms with Gasteiger partial charge < -0.3 is 15.4 Å². The summed E-state index contributed by atoms with van der Waals surface area (Å²) in [5.74, 6) is 0.573. The first-order chi connectivity index (χ1) is 13.2. The second-order valence-electron chi connectivity index (χ2n) is 5.85. The van der Waals surface area contributed by atoms with Crippen LogP contribution in [-0.4, -0.2) is 45.4 Å². The number of fused-ring (bicyclic) bond motifs is 1. The predicted molar refractivity (Wildman–Crippen MR) is 99.0 cm³/mol. The highest BCUT2D eigenvalue weighted by Crippen LogP contribution is 2.18. The third kappa shape index (κ3) is 4.90. The summed E-state index contributed by atoms with van der Waals surface area (Å²) in [6, 6.07) is 5.51. The zero-order chi connectivity index (χ0) is 19.1. The number of anilines is 1. The molecule has 3 aromatic rings. The maximum absolute atomic E-state index is 12.8. The van der Waals surface area contributed by atoms with Gasteiger partial charge in [-0.3, -0.25) is 4.79 Å². The Bertz CT molecular complexity index is 897. The molecule has 0 bridgehead atoms. The fraction of sp³-hybridized carbons (Fsp3) is 0.333. The van der Waals surface area contributed by atoms with E-state index in [1.807, 2.05) is 0 Å². The molecule has 0 aliphatic rings. The topological polar surface area (TPSA) is 94.0 Å². The van der Waals surface area contributed by atoms with E-state index in [1.54, 1.807) is 10.9 Å². The number of aromatic nitrogens is 4. The molecule has 2 heterocycles. The van der Waals surface area contributed by atoms with E-state index in [4.69, 9.17) is 4.74 Å². The van der Waals surface area contributed by atoms with Gasteiger partial charge in [-0.25, -0.2) is 19.0 Å². The second-order valence-corrected chi connectivity index (χ2v) is 5.85. The number of nitrogens with zero attached hydrogens (tertiary/aromatic N) is 4. The first-order valence-corrected chi connectivity index (χ1v) is 8.73. The van der Waals surface area contributed by atoms with E-state index < -0.39 is 0 Å². The molecule has 3 rings (SSSR count). The monoisotopic (exact) mass is 372 g/mol. The van der Waals surface area contributed by atoms with Gasteiger partial charge in [-0.05, 0) is 30.7 Å². The van der Waals surface area contributed by atoms with Crippen LogP contribution in [0.15, 0.2) is 36.8 Å². The first-order valence-electron chi connectivity index (χ1n) is 8.73. The Morgan fingerprint density at radius 1 is 1.22 bits per heavy atom. The molecule has 8 nitrogen and oxygen atoms in total. The van der Waals surface area contributed by atoms with Crippen molar-refractivity contribution in [3.05, 3.63) is 42.6 Å². The third-order valence-electron chi connectivity index (χ3n) is 3.81. The summed E-state index contributed by atoms with van der Waals surface area (Å²) in [6.45, 7) is 3.61. The lowest BCUT2D eigenvalue weighted by molar-refractivity contribution is -0.123. The number of rotatable bonds is 9. The Kier molecular flexibility index (Phi) is 6.14. The molecule has 27 heavy (non-hydrogen) atoms. The summed E-state index contributed by atoms with van der Waals surface area (Å²) in [5, 5.41) is 11.2. The molecule has 0 spiro atoms. The van der Waals surface area contributed by atoms with Crippen LogP contribution in [0.1, 0.15) is 13.3 Å². The minimum atomic E-state index is -0.352.